The van der Waals surface area contributed by atoms with E-state index < -0.39 is 7.32 Å². The van der Waals surface area contributed by atoms with Crippen molar-refractivity contribution in [2.75, 3.05) is 0 Å². The minimum Gasteiger partial charge on any atom is -0.402 e. The maximum absolute atomic E-state index is 7.17. The fraction of sp³-hybridized carbons (Fsp3) is 0. The molecule has 6 heavy (non-hydrogen) atoms. The van der Waals surface area contributed by atoms with E-state index >= 15 is 0 Å². The molecule has 0 bridgehead atoms. The Kier molecular flexibility index (Phi) is 26.7. The van der Waals surface area contributed by atoms with Gasteiger partial charge in [-0.1, -0.05) is 0 Å². The number of rotatable bonds is 0. The molecule has 0 aromatic rings. The molecule has 0 spiro atoms. The summed E-state index contributed by atoms with van der Waals surface area (Å²) < 4.78 is 0. The third kappa shape index (κ3) is 35.3. The molecule has 0 saturated heterocycles. The maximum Gasteiger partial charge on any atom is 0.631 e. The standard InChI is InChI=1S/BH3O3.2Y/c2-1(3)4;;/h2-4H;;. The van der Waals surface area contributed by atoms with Crippen LogP contribution in [0.15, 0.2) is 0 Å². The van der Waals surface area contributed by atoms with Crippen molar-refractivity contribution in [2.45, 2.75) is 0 Å². The van der Waals surface area contributed by atoms with Gasteiger partial charge in [-0.25, -0.2) is 0 Å². The second kappa shape index (κ2) is 10.2. The summed E-state index contributed by atoms with van der Waals surface area (Å²) in [6.07, 6.45) is 0. The SMILES string of the molecule is OB(O)O.[Y].[Y]. The Hall–Kier alpha value is 2.15. The monoisotopic (exact) mass is 240 g/mol. The Morgan fingerprint density at radius 1 is 0.833 bits per heavy atom. The minimum absolute atomic E-state index is 0. The van der Waals surface area contributed by atoms with Gasteiger partial charge in [-0.05, 0) is 0 Å². The smallest absolute Gasteiger partial charge is 0.402 e. The first-order valence-electron chi connectivity index (χ1n) is 0.775. The van der Waals surface area contributed by atoms with Crippen molar-refractivity contribution in [3.8, 4) is 0 Å². The average molecular weight is 240 g/mol. The zero-order valence-corrected chi connectivity index (χ0v) is 8.75. The van der Waals surface area contributed by atoms with Crippen LogP contribution in [0.5, 0.6) is 0 Å². The van der Waals surface area contributed by atoms with Crippen LogP contribution in [0, 0.1) is 0 Å². The summed E-state index contributed by atoms with van der Waals surface area (Å²) in [5.74, 6) is 0. The van der Waals surface area contributed by atoms with Gasteiger partial charge < -0.3 is 15.1 Å². The van der Waals surface area contributed by atoms with Gasteiger partial charge in [0, 0.05) is 65.4 Å². The summed E-state index contributed by atoms with van der Waals surface area (Å²) in [6, 6.07) is 0. The van der Waals surface area contributed by atoms with Crippen LogP contribution in [0.25, 0.3) is 0 Å². The van der Waals surface area contributed by atoms with Gasteiger partial charge in [0.1, 0.15) is 0 Å². The predicted octanol–water partition coefficient (Wildman–Crippen LogP) is -2.06. The molecule has 3 nitrogen and oxygen atoms in total. The molecule has 0 atom stereocenters. The van der Waals surface area contributed by atoms with Crippen LogP contribution in [0.4, 0.5) is 0 Å². The molecule has 0 amide bonds. The van der Waals surface area contributed by atoms with Crippen molar-refractivity contribution < 1.29 is 80.5 Å². The molecule has 0 fully saturated rings. The summed E-state index contributed by atoms with van der Waals surface area (Å²) >= 11 is 0. The Morgan fingerprint density at radius 2 is 0.833 bits per heavy atom. The van der Waals surface area contributed by atoms with Crippen LogP contribution >= 0.6 is 0 Å². The van der Waals surface area contributed by atoms with Gasteiger partial charge in [0.15, 0.2) is 0 Å². The zero-order chi connectivity index (χ0) is 3.58. The Labute approximate surface area is 86.5 Å². The van der Waals surface area contributed by atoms with E-state index in [0.717, 1.165) is 0 Å². The van der Waals surface area contributed by atoms with Gasteiger partial charge in [0.25, 0.3) is 0 Å². The fourth-order valence-corrected chi connectivity index (χ4v) is 0. The van der Waals surface area contributed by atoms with Gasteiger partial charge in [0.05, 0.1) is 0 Å². The molecule has 30 valence electrons. The van der Waals surface area contributed by atoms with Gasteiger partial charge in [-0.3, -0.25) is 0 Å². The molecule has 6 heteroatoms. The van der Waals surface area contributed by atoms with Gasteiger partial charge >= 0.3 is 7.32 Å². The molecule has 0 heterocycles. The molecular weight excluding hydrogens is 237 g/mol. The van der Waals surface area contributed by atoms with E-state index in [0.29, 0.717) is 0 Å². The average Bonchev–Trinajstić information content (AvgIpc) is 0.811. The number of hydrogen-bond donors (Lipinski definition) is 3. The third-order valence-electron chi connectivity index (χ3n) is 0. The topological polar surface area (TPSA) is 60.7 Å². The Morgan fingerprint density at radius 3 is 0.833 bits per heavy atom. The first kappa shape index (κ1) is 15.7. The zero-order valence-electron chi connectivity index (χ0n) is 3.07. The summed E-state index contributed by atoms with van der Waals surface area (Å²) in [5, 5.41) is 21.5. The molecule has 0 rings (SSSR count). The van der Waals surface area contributed by atoms with Crippen LogP contribution in [0.3, 0.4) is 0 Å². The molecular formula is H3BO3Y2. The first-order chi connectivity index (χ1) is 1.73. The molecule has 0 aliphatic heterocycles. The van der Waals surface area contributed by atoms with E-state index in [1.165, 1.54) is 0 Å². The van der Waals surface area contributed by atoms with Crippen LogP contribution < -0.4 is 0 Å². The van der Waals surface area contributed by atoms with Crippen LogP contribution in [-0.2, 0) is 65.4 Å². The summed E-state index contributed by atoms with van der Waals surface area (Å²) in [6.45, 7) is 0. The van der Waals surface area contributed by atoms with Crippen molar-refractivity contribution in [3.63, 3.8) is 0 Å². The molecule has 3 N–H and O–H groups in total. The van der Waals surface area contributed by atoms with E-state index in [-0.39, 0.29) is 65.4 Å². The molecule has 0 aromatic carbocycles. The quantitative estimate of drug-likeness (QED) is 0.426. The largest absolute Gasteiger partial charge is 0.631 e. The van der Waals surface area contributed by atoms with Crippen LogP contribution in [0.1, 0.15) is 0 Å². The van der Waals surface area contributed by atoms with Gasteiger partial charge in [-0.15, -0.1) is 0 Å². The molecule has 0 saturated carbocycles. The van der Waals surface area contributed by atoms with Crippen molar-refractivity contribution >= 4 is 7.32 Å². The first-order valence-corrected chi connectivity index (χ1v) is 0.775. The van der Waals surface area contributed by atoms with E-state index in [1.807, 2.05) is 0 Å². The van der Waals surface area contributed by atoms with Crippen LogP contribution in [0.2, 0.25) is 0 Å². The molecule has 0 unspecified atom stereocenters. The second-order valence-corrected chi connectivity index (χ2v) is 0.346. The third-order valence-corrected chi connectivity index (χ3v) is 0. The van der Waals surface area contributed by atoms with E-state index in [4.69, 9.17) is 15.1 Å². The van der Waals surface area contributed by atoms with Crippen molar-refractivity contribution in [1.29, 1.82) is 0 Å². The summed E-state index contributed by atoms with van der Waals surface area (Å²) in [5.41, 5.74) is 0. The molecule has 2 radical (unpaired) electrons. The Balaban J connectivity index is -0.0000000450. The van der Waals surface area contributed by atoms with Gasteiger partial charge in [-0.2, -0.15) is 0 Å². The van der Waals surface area contributed by atoms with Crippen molar-refractivity contribution in [1.82, 2.24) is 0 Å². The van der Waals surface area contributed by atoms with E-state index in [1.54, 1.807) is 0 Å². The molecule has 0 aliphatic carbocycles. The van der Waals surface area contributed by atoms with Crippen LogP contribution in [-0.4, -0.2) is 22.4 Å². The number of hydrogen-bond acceptors (Lipinski definition) is 3. The molecule has 0 aliphatic rings. The summed E-state index contributed by atoms with van der Waals surface area (Å²) in [7, 11) is -2.17. The fourth-order valence-electron chi connectivity index (χ4n) is 0. The normalized spacial score (nSPS) is 4.50. The summed E-state index contributed by atoms with van der Waals surface area (Å²) in [4.78, 5) is 0. The second-order valence-electron chi connectivity index (χ2n) is 0.346. The minimum atomic E-state index is -2.17. The molecule has 0 aromatic heterocycles. The van der Waals surface area contributed by atoms with Crippen molar-refractivity contribution in [3.05, 3.63) is 0 Å². The van der Waals surface area contributed by atoms with Crippen molar-refractivity contribution in [2.24, 2.45) is 0 Å². The maximum atomic E-state index is 7.17. The van der Waals surface area contributed by atoms with E-state index in [2.05, 4.69) is 0 Å². The Bertz CT molecular complexity index is 13.5. The van der Waals surface area contributed by atoms with Gasteiger partial charge in [0.2, 0.25) is 0 Å². The predicted molar refractivity (Wildman–Crippen MR) is 12.4 cm³/mol. The van der Waals surface area contributed by atoms with E-state index in [9.17, 15) is 0 Å².